The fourth-order valence-corrected chi connectivity index (χ4v) is 2.91. The molecule has 3 heteroatoms. The molecular formula is C15H24N2O. The molecule has 2 atom stereocenters. The number of aliphatic hydroxyl groups excluding tert-OH is 1. The van der Waals surface area contributed by atoms with E-state index in [1.165, 1.54) is 24.0 Å². The van der Waals surface area contributed by atoms with Crippen molar-refractivity contribution in [3.8, 4) is 0 Å². The second-order valence-corrected chi connectivity index (χ2v) is 5.10. The van der Waals surface area contributed by atoms with E-state index in [4.69, 9.17) is 5.73 Å². The predicted octanol–water partition coefficient (Wildman–Crippen LogP) is 2.23. The zero-order valence-electron chi connectivity index (χ0n) is 11.2. The van der Waals surface area contributed by atoms with Crippen LogP contribution >= 0.6 is 0 Å². The second-order valence-electron chi connectivity index (χ2n) is 5.10. The molecule has 0 aromatic heterocycles. The van der Waals surface area contributed by atoms with E-state index >= 15 is 0 Å². The number of fused-ring (bicyclic) bond motifs is 1. The van der Waals surface area contributed by atoms with Crippen LogP contribution in [0.15, 0.2) is 24.3 Å². The van der Waals surface area contributed by atoms with Crippen LogP contribution in [0.2, 0.25) is 0 Å². The average Bonchev–Trinajstić information content (AvgIpc) is 2.73. The van der Waals surface area contributed by atoms with Gasteiger partial charge in [0.05, 0.1) is 6.61 Å². The summed E-state index contributed by atoms with van der Waals surface area (Å²) >= 11 is 0. The van der Waals surface area contributed by atoms with Gasteiger partial charge in [-0.05, 0) is 30.5 Å². The fourth-order valence-electron chi connectivity index (χ4n) is 2.91. The highest BCUT2D eigenvalue weighted by Crippen LogP contribution is 2.40. The van der Waals surface area contributed by atoms with Crippen molar-refractivity contribution in [3.05, 3.63) is 35.4 Å². The normalized spacial score (nSPS) is 22.4. The number of nitrogens with two attached hydrogens (primary N) is 1. The Morgan fingerprint density at radius 1 is 1.28 bits per heavy atom. The van der Waals surface area contributed by atoms with Crippen LogP contribution in [0.25, 0.3) is 0 Å². The van der Waals surface area contributed by atoms with Crippen LogP contribution in [0.3, 0.4) is 0 Å². The van der Waals surface area contributed by atoms with Gasteiger partial charge in [0.15, 0.2) is 0 Å². The van der Waals surface area contributed by atoms with Crippen molar-refractivity contribution in [2.75, 3.05) is 19.7 Å². The summed E-state index contributed by atoms with van der Waals surface area (Å²) in [5.41, 5.74) is 8.85. The van der Waals surface area contributed by atoms with Gasteiger partial charge < -0.3 is 10.8 Å². The molecule has 2 rings (SSSR count). The molecule has 1 aromatic carbocycles. The Hall–Kier alpha value is -0.900. The zero-order valence-corrected chi connectivity index (χ0v) is 11.2. The molecule has 0 aliphatic heterocycles. The van der Waals surface area contributed by atoms with Crippen LogP contribution in [-0.4, -0.2) is 29.7 Å². The van der Waals surface area contributed by atoms with E-state index in [1.54, 1.807) is 0 Å². The molecule has 18 heavy (non-hydrogen) atoms. The minimum absolute atomic E-state index is 0.147. The van der Waals surface area contributed by atoms with Crippen LogP contribution in [0.5, 0.6) is 0 Å². The van der Waals surface area contributed by atoms with Crippen LogP contribution in [0.4, 0.5) is 0 Å². The number of aliphatic hydroxyl groups is 1. The van der Waals surface area contributed by atoms with Gasteiger partial charge in [-0.1, -0.05) is 37.6 Å². The molecule has 1 aliphatic rings. The summed E-state index contributed by atoms with van der Waals surface area (Å²) in [5, 5.41) is 9.24. The molecule has 3 N–H and O–H groups in total. The number of benzene rings is 1. The molecule has 100 valence electrons. The first kappa shape index (κ1) is 13.5. The first-order valence-electron chi connectivity index (χ1n) is 6.97. The van der Waals surface area contributed by atoms with Crippen molar-refractivity contribution >= 4 is 0 Å². The summed E-state index contributed by atoms with van der Waals surface area (Å²) in [4.78, 5) is 2.38. The highest BCUT2D eigenvalue weighted by molar-refractivity contribution is 5.37. The number of hydrogen-bond acceptors (Lipinski definition) is 3. The fraction of sp³-hybridized carbons (Fsp3) is 0.600. The maximum atomic E-state index is 9.24. The minimum Gasteiger partial charge on any atom is -0.395 e. The maximum Gasteiger partial charge on any atom is 0.0558 e. The first-order chi connectivity index (χ1) is 8.77. The van der Waals surface area contributed by atoms with Gasteiger partial charge in [0.1, 0.15) is 0 Å². The molecular weight excluding hydrogens is 224 g/mol. The third-order valence-corrected chi connectivity index (χ3v) is 3.86. The van der Waals surface area contributed by atoms with E-state index in [1.807, 2.05) is 0 Å². The van der Waals surface area contributed by atoms with Crippen molar-refractivity contribution in [1.82, 2.24) is 4.90 Å². The third-order valence-electron chi connectivity index (χ3n) is 3.86. The minimum atomic E-state index is 0.147. The number of rotatable bonds is 6. The van der Waals surface area contributed by atoms with E-state index in [-0.39, 0.29) is 12.6 Å². The molecule has 0 bridgehead atoms. The molecule has 0 heterocycles. The molecule has 0 spiro atoms. The lowest BCUT2D eigenvalue weighted by atomic mass is 10.1. The van der Waals surface area contributed by atoms with Crippen molar-refractivity contribution in [1.29, 1.82) is 0 Å². The molecule has 0 saturated carbocycles. The van der Waals surface area contributed by atoms with Crippen LogP contribution in [0, 0.1) is 0 Å². The smallest absolute Gasteiger partial charge is 0.0558 e. The van der Waals surface area contributed by atoms with Gasteiger partial charge in [-0.25, -0.2) is 0 Å². The van der Waals surface area contributed by atoms with Gasteiger partial charge in [-0.15, -0.1) is 0 Å². The van der Waals surface area contributed by atoms with Crippen molar-refractivity contribution in [3.63, 3.8) is 0 Å². The summed E-state index contributed by atoms with van der Waals surface area (Å²) in [6, 6.07) is 8.99. The van der Waals surface area contributed by atoms with E-state index in [0.29, 0.717) is 6.04 Å². The topological polar surface area (TPSA) is 49.5 Å². The van der Waals surface area contributed by atoms with Crippen molar-refractivity contribution in [2.45, 2.75) is 38.3 Å². The lowest BCUT2D eigenvalue weighted by molar-refractivity contribution is 0.145. The van der Waals surface area contributed by atoms with Crippen LogP contribution in [0.1, 0.15) is 49.4 Å². The Morgan fingerprint density at radius 3 is 2.67 bits per heavy atom. The Bertz CT molecular complexity index is 381. The Labute approximate surface area is 110 Å². The molecule has 0 amide bonds. The Morgan fingerprint density at radius 2 is 2.00 bits per heavy atom. The highest BCUT2D eigenvalue weighted by Gasteiger charge is 2.31. The quantitative estimate of drug-likeness (QED) is 0.811. The van der Waals surface area contributed by atoms with Gasteiger partial charge in [0.25, 0.3) is 0 Å². The van der Waals surface area contributed by atoms with Gasteiger partial charge in [0, 0.05) is 18.6 Å². The Balaban J connectivity index is 2.16. The lowest BCUT2D eigenvalue weighted by Crippen LogP contribution is -2.31. The Kier molecular flexibility index (Phi) is 4.75. The van der Waals surface area contributed by atoms with Gasteiger partial charge >= 0.3 is 0 Å². The first-order valence-corrected chi connectivity index (χ1v) is 6.97. The monoisotopic (exact) mass is 248 g/mol. The van der Waals surface area contributed by atoms with E-state index in [2.05, 4.69) is 36.1 Å². The average molecular weight is 248 g/mol. The summed E-state index contributed by atoms with van der Waals surface area (Å²) in [6.45, 7) is 4.21. The summed E-state index contributed by atoms with van der Waals surface area (Å²) < 4.78 is 0. The second kappa shape index (κ2) is 6.32. The standard InChI is InChI=1S/C15H24N2O/c1-2-3-8-17(9-10-18)15-11-14(16)12-6-4-5-7-13(12)15/h4-7,14-15,18H,2-3,8-11,16H2,1H3. The third kappa shape index (κ3) is 2.74. The maximum absolute atomic E-state index is 9.24. The molecule has 0 radical (unpaired) electrons. The van der Waals surface area contributed by atoms with Gasteiger partial charge in [0.2, 0.25) is 0 Å². The molecule has 0 fully saturated rings. The van der Waals surface area contributed by atoms with Crippen LogP contribution in [-0.2, 0) is 0 Å². The van der Waals surface area contributed by atoms with E-state index in [9.17, 15) is 5.11 Å². The van der Waals surface area contributed by atoms with E-state index < -0.39 is 0 Å². The number of nitrogens with zero attached hydrogens (tertiary/aromatic N) is 1. The molecule has 0 saturated heterocycles. The van der Waals surface area contributed by atoms with Crippen LogP contribution < -0.4 is 5.73 Å². The van der Waals surface area contributed by atoms with Gasteiger partial charge in [-0.3, -0.25) is 4.90 Å². The number of hydrogen-bond donors (Lipinski definition) is 2. The summed E-state index contributed by atoms with van der Waals surface area (Å²) in [6.07, 6.45) is 3.33. The lowest BCUT2D eigenvalue weighted by Gasteiger charge is -2.29. The van der Waals surface area contributed by atoms with Gasteiger partial charge in [-0.2, -0.15) is 0 Å². The highest BCUT2D eigenvalue weighted by atomic mass is 16.3. The summed E-state index contributed by atoms with van der Waals surface area (Å²) in [5.74, 6) is 0. The largest absolute Gasteiger partial charge is 0.395 e. The molecule has 3 nitrogen and oxygen atoms in total. The predicted molar refractivity (Wildman–Crippen MR) is 74.3 cm³/mol. The zero-order chi connectivity index (χ0) is 13.0. The molecule has 2 unspecified atom stereocenters. The number of unbranched alkanes of at least 4 members (excludes halogenated alkanes) is 1. The molecule has 1 aromatic rings. The van der Waals surface area contributed by atoms with Crippen molar-refractivity contribution in [2.24, 2.45) is 5.73 Å². The van der Waals surface area contributed by atoms with Crippen molar-refractivity contribution < 1.29 is 5.11 Å². The SMILES string of the molecule is CCCCN(CCO)C1CC(N)c2ccccc21. The van der Waals surface area contributed by atoms with E-state index in [0.717, 1.165) is 19.5 Å². The molecule has 1 aliphatic carbocycles. The summed E-state index contributed by atoms with van der Waals surface area (Å²) in [7, 11) is 0.